The Morgan fingerprint density at radius 3 is 2.74 bits per heavy atom. The normalized spacial score (nSPS) is 11.9. The molecule has 1 heterocycles. The molecule has 19 heavy (non-hydrogen) atoms. The molecular weight excluding hydrogens is 260 g/mol. The predicted molar refractivity (Wildman–Crippen MR) is 76.3 cm³/mol. The van der Waals surface area contributed by atoms with E-state index in [0.29, 0.717) is 11.6 Å². The Hall–Kier alpha value is -1.88. The number of ether oxygens (including phenoxy) is 1. The summed E-state index contributed by atoms with van der Waals surface area (Å²) in [6.45, 7) is 4.17. The first-order valence-electron chi connectivity index (χ1n) is 6.10. The Morgan fingerprint density at radius 2 is 2.16 bits per heavy atom. The fraction of sp³-hybridized carbons (Fsp3) is 0.286. The van der Waals surface area contributed by atoms with Crippen LogP contribution in [0, 0.1) is 6.92 Å². The molecule has 2 rings (SSSR count). The summed E-state index contributed by atoms with van der Waals surface area (Å²) in [7, 11) is 0. The molecule has 0 aliphatic heterocycles. The Bertz CT molecular complexity index is 523. The Morgan fingerprint density at radius 1 is 1.42 bits per heavy atom. The van der Waals surface area contributed by atoms with Crippen molar-refractivity contribution in [2.24, 2.45) is 0 Å². The fourth-order valence-electron chi connectivity index (χ4n) is 1.64. The van der Waals surface area contributed by atoms with Crippen LogP contribution in [-0.4, -0.2) is 17.6 Å². The van der Waals surface area contributed by atoms with Gasteiger partial charge in [-0.25, -0.2) is 9.78 Å². The third-order valence-electron chi connectivity index (χ3n) is 2.58. The summed E-state index contributed by atoms with van der Waals surface area (Å²) >= 11 is 1.43. The van der Waals surface area contributed by atoms with Crippen LogP contribution in [0.3, 0.4) is 0 Å². The number of esters is 1. The van der Waals surface area contributed by atoms with E-state index in [0.717, 1.165) is 5.69 Å². The lowest BCUT2D eigenvalue weighted by atomic mass is 10.2. The maximum atomic E-state index is 12.0. The van der Waals surface area contributed by atoms with Gasteiger partial charge >= 0.3 is 5.97 Å². The summed E-state index contributed by atoms with van der Waals surface area (Å²) in [5.41, 5.74) is 2.05. The molecule has 0 aliphatic carbocycles. The van der Waals surface area contributed by atoms with E-state index in [4.69, 9.17) is 4.74 Å². The molecule has 1 unspecified atom stereocenters. The second-order valence-electron chi connectivity index (χ2n) is 4.07. The quantitative estimate of drug-likeness (QED) is 0.852. The third-order valence-corrected chi connectivity index (χ3v) is 3.42. The zero-order chi connectivity index (χ0) is 13.7. The van der Waals surface area contributed by atoms with Crippen LogP contribution in [0.2, 0.25) is 0 Å². The number of aromatic nitrogens is 1. The summed E-state index contributed by atoms with van der Waals surface area (Å²) in [6, 6.07) is 7.31. The van der Waals surface area contributed by atoms with Gasteiger partial charge in [-0.15, -0.1) is 11.3 Å². The van der Waals surface area contributed by atoms with Gasteiger partial charge in [0.15, 0.2) is 6.04 Å². The zero-order valence-corrected chi connectivity index (χ0v) is 11.7. The Balaban J connectivity index is 2.18. The minimum Gasteiger partial charge on any atom is -0.464 e. The van der Waals surface area contributed by atoms with Gasteiger partial charge in [-0.1, -0.05) is 17.7 Å². The number of hydrogen-bond donors (Lipinski definition) is 1. The number of hydrogen-bond acceptors (Lipinski definition) is 5. The van der Waals surface area contributed by atoms with Crippen molar-refractivity contribution in [3.05, 3.63) is 46.4 Å². The van der Waals surface area contributed by atoms with E-state index < -0.39 is 6.04 Å². The van der Waals surface area contributed by atoms with E-state index in [2.05, 4.69) is 10.3 Å². The maximum absolute atomic E-state index is 12.0. The van der Waals surface area contributed by atoms with Crippen molar-refractivity contribution >= 4 is 23.0 Å². The monoisotopic (exact) mass is 276 g/mol. The maximum Gasteiger partial charge on any atom is 0.335 e. The molecule has 0 amide bonds. The summed E-state index contributed by atoms with van der Waals surface area (Å²) in [4.78, 5) is 16.2. The number of carbonyl (C=O) groups excluding carboxylic acids is 1. The summed E-state index contributed by atoms with van der Waals surface area (Å²) in [6.07, 6.45) is 1.68. The van der Waals surface area contributed by atoms with Crippen molar-refractivity contribution in [1.82, 2.24) is 4.98 Å². The SMILES string of the molecule is CCOC(=O)C(Nc1ccc(C)cc1)c1nccs1. The highest BCUT2D eigenvalue weighted by atomic mass is 32.1. The van der Waals surface area contributed by atoms with E-state index in [-0.39, 0.29) is 5.97 Å². The number of nitrogens with one attached hydrogen (secondary N) is 1. The first-order valence-corrected chi connectivity index (χ1v) is 6.98. The van der Waals surface area contributed by atoms with Gasteiger partial charge in [-0.3, -0.25) is 0 Å². The van der Waals surface area contributed by atoms with Gasteiger partial charge in [0.25, 0.3) is 0 Å². The van der Waals surface area contributed by atoms with Crippen molar-refractivity contribution < 1.29 is 9.53 Å². The van der Waals surface area contributed by atoms with E-state index in [1.54, 1.807) is 13.1 Å². The summed E-state index contributed by atoms with van der Waals surface area (Å²) in [5, 5.41) is 5.72. The van der Waals surface area contributed by atoms with E-state index >= 15 is 0 Å². The van der Waals surface area contributed by atoms with Crippen LogP contribution in [0.1, 0.15) is 23.5 Å². The lowest BCUT2D eigenvalue weighted by molar-refractivity contribution is -0.144. The standard InChI is InChI=1S/C14H16N2O2S/c1-3-18-14(17)12(13-15-8-9-19-13)16-11-6-4-10(2)5-7-11/h4-9,12,16H,3H2,1-2H3. The molecule has 1 N–H and O–H groups in total. The van der Waals surface area contributed by atoms with Crippen LogP contribution >= 0.6 is 11.3 Å². The first kappa shape index (κ1) is 13.5. The van der Waals surface area contributed by atoms with Crippen molar-refractivity contribution in [3.63, 3.8) is 0 Å². The lowest BCUT2D eigenvalue weighted by Gasteiger charge is -2.16. The lowest BCUT2D eigenvalue weighted by Crippen LogP contribution is -2.23. The van der Waals surface area contributed by atoms with Crippen LogP contribution in [0.15, 0.2) is 35.8 Å². The second kappa shape index (κ2) is 6.33. The van der Waals surface area contributed by atoms with Crippen molar-refractivity contribution in [3.8, 4) is 0 Å². The van der Waals surface area contributed by atoms with Gasteiger partial charge in [0.2, 0.25) is 0 Å². The molecule has 0 saturated carbocycles. The van der Waals surface area contributed by atoms with Gasteiger partial charge in [0.05, 0.1) is 6.61 Å². The molecule has 0 aliphatic rings. The molecular formula is C14H16N2O2S. The largest absolute Gasteiger partial charge is 0.464 e. The van der Waals surface area contributed by atoms with Gasteiger partial charge in [-0.2, -0.15) is 0 Å². The van der Waals surface area contributed by atoms with Crippen LogP contribution in [0.25, 0.3) is 0 Å². The number of anilines is 1. The van der Waals surface area contributed by atoms with Crippen LogP contribution < -0.4 is 5.32 Å². The van der Waals surface area contributed by atoms with Gasteiger partial charge in [0.1, 0.15) is 5.01 Å². The first-order chi connectivity index (χ1) is 9.20. The number of benzene rings is 1. The molecule has 100 valence electrons. The van der Waals surface area contributed by atoms with Gasteiger partial charge in [-0.05, 0) is 26.0 Å². The molecule has 2 aromatic rings. The average Bonchev–Trinajstić information content (AvgIpc) is 2.92. The number of nitrogens with zero attached hydrogens (tertiary/aromatic N) is 1. The molecule has 1 aromatic carbocycles. The molecule has 5 heteroatoms. The van der Waals surface area contributed by atoms with Crippen LogP contribution in [0.5, 0.6) is 0 Å². The van der Waals surface area contributed by atoms with Crippen molar-refractivity contribution in [1.29, 1.82) is 0 Å². The smallest absolute Gasteiger partial charge is 0.335 e. The van der Waals surface area contributed by atoms with E-state index in [1.165, 1.54) is 16.9 Å². The molecule has 4 nitrogen and oxygen atoms in total. The molecule has 0 fully saturated rings. The molecule has 1 atom stereocenters. The Labute approximate surface area is 116 Å². The van der Waals surface area contributed by atoms with Crippen molar-refractivity contribution in [2.75, 3.05) is 11.9 Å². The number of thiazole rings is 1. The van der Waals surface area contributed by atoms with E-state index in [1.807, 2.05) is 36.6 Å². The van der Waals surface area contributed by atoms with Crippen molar-refractivity contribution in [2.45, 2.75) is 19.9 Å². The number of carbonyl (C=O) groups is 1. The zero-order valence-electron chi connectivity index (χ0n) is 10.9. The average molecular weight is 276 g/mol. The third kappa shape index (κ3) is 3.54. The topological polar surface area (TPSA) is 51.2 Å². The molecule has 1 aromatic heterocycles. The molecule has 0 radical (unpaired) electrons. The highest BCUT2D eigenvalue weighted by Crippen LogP contribution is 2.23. The number of aryl methyl sites for hydroxylation is 1. The van der Waals surface area contributed by atoms with Gasteiger partial charge < -0.3 is 10.1 Å². The highest BCUT2D eigenvalue weighted by molar-refractivity contribution is 7.09. The highest BCUT2D eigenvalue weighted by Gasteiger charge is 2.24. The Kier molecular flexibility index (Phi) is 4.52. The summed E-state index contributed by atoms with van der Waals surface area (Å²) < 4.78 is 5.09. The number of rotatable bonds is 5. The fourth-order valence-corrected chi connectivity index (χ4v) is 2.31. The van der Waals surface area contributed by atoms with Gasteiger partial charge in [0, 0.05) is 17.3 Å². The summed E-state index contributed by atoms with van der Waals surface area (Å²) in [5.74, 6) is -0.307. The molecule has 0 spiro atoms. The van der Waals surface area contributed by atoms with Crippen LogP contribution in [0.4, 0.5) is 5.69 Å². The second-order valence-corrected chi connectivity index (χ2v) is 4.99. The van der Waals surface area contributed by atoms with Crippen LogP contribution in [-0.2, 0) is 9.53 Å². The minimum atomic E-state index is -0.553. The molecule has 0 saturated heterocycles. The molecule has 0 bridgehead atoms. The minimum absolute atomic E-state index is 0.307. The predicted octanol–water partition coefficient (Wildman–Crippen LogP) is 3.17. The van der Waals surface area contributed by atoms with E-state index in [9.17, 15) is 4.79 Å².